The highest BCUT2D eigenvalue weighted by atomic mass is 32.2. The Balaban J connectivity index is 1.65. The molecule has 9 heteroatoms. The number of carbonyl (C=O) groups is 1. The van der Waals surface area contributed by atoms with Crippen LogP contribution in [0.5, 0.6) is 0 Å². The summed E-state index contributed by atoms with van der Waals surface area (Å²) in [5.74, 6) is -0.270. The fraction of sp³-hybridized carbons (Fsp3) is 0.500. The Labute approximate surface area is 182 Å². The standard InChI is InChI=1S/C22H27FN4O3S/c1-15-24-14-19(22(28)26-17-6-3-2-4-7-17)21(25-15)20-8-5-13-27(20)31(29,30)18-11-9-16(23)10-12-18/h9-12,14,17,20H,2-8,13H2,1H3,(H,26,28)/t20-/m0/s1. The van der Waals surface area contributed by atoms with Crippen LogP contribution in [0.25, 0.3) is 0 Å². The largest absolute Gasteiger partial charge is 0.349 e. The molecule has 1 aliphatic heterocycles. The summed E-state index contributed by atoms with van der Waals surface area (Å²) in [5.41, 5.74) is 0.756. The molecule has 2 heterocycles. The van der Waals surface area contributed by atoms with Gasteiger partial charge in [-0.25, -0.2) is 22.8 Å². The molecule has 166 valence electrons. The summed E-state index contributed by atoms with van der Waals surface area (Å²) in [7, 11) is -3.86. The number of hydrogen-bond acceptors (Lipinski definition) is 5. The van der Waals surface area contributed by atoms with E-state index in [-0.39, 0.29) is 16.8 Å². The van der Waals surface area contributed by atoms with Crippen molar-refractivity contribution in [3.8, 4) is 0 Å². The van der Waals surface area contributed by atoms with Crippen LogP contribution in [0, 0.1) is 12.7 Å². The molecule has 0 radical (unpaired) electrons. The number of carbonyl (C=O) groups excluding carboxylic acids is 1. The van der Waals surface area contributed by atoms with Crippen molar-refractivity contribution in [2.45, 2.75) is 68.8 Å². The predicted molar refractivity (Wildman–Crippen MR) is 113 cm³/mol. The molecule has 1 N–H and O–H groups in total. The molecular weight excluding hydrogens is 419 g/mol. The average molecular weight is 447 g/mol. The van der Waals surface area contributed by atoms with Crippen molar-refractivity contribution >= 4 is 15.9 Å². The van der Waals surface area contributed by atoms with E-state index in [2.05, 4.69) is 15.3 Å². The number of rotatable bonds is 5. The van der Waals surface area contributed by atoms with E-state index in [1.54, 1.807) is 6.92 Å². The van der Waals surface area contributed by atoms with Crippen molar-refractivity contribution in [3.63, 3.8) is 0 Å². The van der Waals surface area contributed by atoms with E-state index in [9.17, 15) is 17.6 Å². The maximum atomic E-state index is 13.3. The normalized spacial score (nSPS) is 20.6. The second-order valence-corrected chi connectivity index (χ2v) is 10.1. The zero-order chi connectivity index (χ0) is 22.0. The number of amides is 1. The van der Waals surface area contributed by atoms with Gasteiger partial charge in [-0.15, -0.1) is 0 Å². The van der Waals surface area contributed by atoms with Gasteiger partial charge in [-0.2, -0.15) is 4.31 Å². The molecule has 4 rings (SSSR count). The minimum absolute atomic E-state index is 0.0276. The second-order valence-electron chi connectivity index (χ2n) is 8.25. The molecule has 7 nitrogen and oxygen atoms in total. The van der Waals surface area contributed by atoms with Crippen LogP contribution in [0.1, 0.15) is 72.9 Å². The van der Waals surface area contributed by atoms with Crippen LogP contribution in [0.3, 0.4) is 0 Å². The molecule has 31 heavy (non-hydrogen) atoms. The molecule has 0 spiro atoms. The predicted octanol–water partition coefficient (Wildman–Crippen LogP) is 3.51. The van der Waals surface area contributed by atoms with E-state index >= 15 is 0 Å². The van der Waals surface area contributed by atoms with Crippen molar-refractivity contribution in [2.75, 3.05) is 6.54 Å². The fourth-order valence-corrected chi connectivity index (χ4v) is 6.13. The van der Waals surface area contributed by atoms with Crippen LogP contribution >= 0.6 is 0 Å². The van der Waals surface area contributed by atoms with Gasteiger partial charge in [-0.05, 0) is 56.9 Å². The first-order valence-corrected chi connectivity index (χ1v) is 12.2. The van der Waals surface area contributed by atoms with Crippen molar-refractivity contribution < 1.29 is 17.6 Å². The van der Waals surface area contributed by atoms with Crippen LogP contribution in [0.15, 0.2) is 35.4 Å². The fourth-order valence-electron chi connectivity index (χ4n) is 4.47. The first-order valence-electron chi connectivity index (χ1n) is 10.8. The molecule has 2 fully saturated rings. The van der Waals surface area contributed by atoms with Crippen LogP contribution < -0.4 is 5.32 Å². The summed E-state index contributed by atoms with van der Waals surface area (Å²) in [6.07, 6.45) is 7.96. The van der Waals surface area contributed by atoms with Crippen molar-refractivity contribution in [1.82, 2.24) is 19.6 Å². The third-order valence-electron chi connectivity index (χ3n) is 6.06. The average Bonchev–Trinajstić information content (AvgIpc) is 3.25. The number of benzene rings is 1. The van der Waals surface area contributed by atoms with Crippen LogP contribution in [0.4, 0.5) is 4.39 Å². The maximum Gasteiger partial charge on any atom is 0.254 e. The van der Waals surface area contributed by atoms with Crippen LogP contribution in [-0.2, 0) is 10.0 Å². The SMILES string of the molecule is Cc1ncc(C(=O)NC2CCCCC2)c([C@@H]2CCCN2S(=O)(=O)c2ccc(F)cc2)n1. The van der Waals surface area contributed by atoms with E-state index in [4.69, 9.17) is 0 Å². The summed E-state index contributed by atoms with van der Waals surface area (Å²) < 4.78 is 41.2. The Morgan fingerprint density at radius 1 is 1.10 bits per heavy atom. The van der Waals surface area contributed by atoms with Crippen molar-refractivity contribution in [1.29, 1.82) is 0 Å². The van der Waals surface area contributed by atoms with Gasteiger partial charge in [-0.1, -0.05) is 19.3 Å². The highest BCUT2D eigenvalue weighted by molar-refractivity contribution is 7.89. The molecule has 1 atom stereocenters. The number of nitrogens with one attached hydrogen (secondary N) is 1. The molecule has 1 aromatic carbocycles. The van der Waals surface area contributed by atoms with Gasteiger partial charge in [0.25, 0.3) is 5.91 Å². The Hall–Kier alpha value is -2.39. The van der Waals surface area contributed by atoms with Gasteiger partial charge in [-0.3, -0.25) is 4.79 Å². The minimum Gasteiger partial charge on any atom is -0.349 e. The second kappa shape index (κ2) is 9.00. The lowest BCUT2D eigenvalue weighted by atomic mass is 9.95. The molecule has 1 saturated carbocycles. The molecule has 1 saturated heterocycles. The lowest BCUT2D eigenvalue weighted by molar-refractivity contribution is 0.0924. The molecule has 0 unspecified atom stereocenters. The van der Waals surface area contributed by atoms with Gasteiger partial charge < -0.3 is 5.32 Å². The van der Waals surface area contributed by atoms with E-state index in [0.29, 0.717) is 36.5 Å². The van der Waals surface area contributed by atoms with Crippen LogP contribution in [0.2, 0.25) is 0 Å². The number of aromatic nitrogens is 2. The van der Waals surface area contributed by atoms with Gasteiger partial charge in [0.1, 0.15) is 11.6 Å². The van der Waals surface area contributed by atoms with Crippen molar-refractivity contribution in [3.05, 3.63) is 53.4 Å². The number of hydrogen-bond donors (Lipinski definition) is 1. The topological polar surface area (TPSA) is 92.3 Å². The lowest BCUT2D eigenvalue weighted by Gasteiger charge is -2.26. The molecule has 2 aliphatic rings. The summed E-state index contributed by atoms with van der Waals surface area (Å²) in [6.45, 7) is 2.04. The van der Waals surface area contributed by atoms with Crippen LogP contribution in [-0.4, -0.2) is 41.2 Å². The van der Waals surface area contributed by atoms with Gasteiger partial charge in [0, 0.05) is 18.8 Å². The summed E-state index contributed by atoms with van der Waals surface area (Å²) in [5, 5.41) is 3.08. The number of halogens is 1. The Kier molecular flexibility index (Phi) is 6.34. The Morgan fingerprint density at radius 2 is 1.81 bits per heavy atom. The van der Waals surface area contributed by atoms with Gasteiger partial charge >= 0.3 is 0 Å². The minimum atomic E-state index is -3.86. The quantitative estimate of drug-likeness (QED) is 0.759. The lowest BCUT2D eigenvalue weighted by Crippen LogP contribution is -2.38. The molecule has 2 aromatic rings. The molecule has 1 aliphatic carbocycles. The third kappa shape index (κ3) is 4.62. The highest BCUT2D eigenvalue weighted by Gasteiger charge is 2.39. The van der Waals surface area contributed by atoms with E-state index in [0.717, 1.165) is 37.8 Å². The Bertz CT molecular complexity index is 1050. The Morgan fingerprint density at radius 3 is 2.52 bits per heavy atom. The highest BCUT2D eigenvalue weighted by Crippen LogP contribution is 2.37. The van der Waals surface area contributed by atoms with E-state index in [1.807, 2.05) is 0 Å². The van der Waals surface area contributed by atoms with Crippen molar-refractivity contribution in [2.24, 2.45) is 0 Å². The first-order chi connectivity index (χ1) is 14.9. The zero-order valence-corrected chi connectivity index (χ0v) is 18.4. The first kappa shape index (κ1) is 21.8. The van der Waals surface area contributed by atoms with Gasteiger partial charge in [0.15, 0.2) is 0 Å². The molecular formula is C22H27FN4O3S. The number of aryl methyl sites for hydroxylation is 1. The zero-order valence-electron chi connectivity index (χ0n) is 17.6. The smallest absolute Gasteiger partial charge is 0.254 e. The monoisotopic (exact) mass is 446 g/mol. The summed E-state index contributed by atoms with van der Waals surface area (Å²) in [4.78, 5) is 21.8. The van der Waals surface area contributed by atoms with Gasteiger partial charge in [0.2, 0.25) is 10.0 Å². The molecule has 1 aromatic heterocycles. The van der Waals surface area contributed by atoms with E-state index in [1.165, 1.54) is 29.1 Å². The number of sulfonamides is 1. The van der Waals surface area contributed by atoms with E-state index < -0.39 is 21.9 Å². The molecule has 1 amide bonds. The third-order valence-corrected chi connectivity index (χ3v) is 7.99. The molecule has 0 bridgehead atoms. The van der Waals surface area contributed by atoms with Gasteiger partial charge in [0.05, 0.1) is 22.2 Å². The maximum absolute atomic E-state index is 13.3. The summed E-state index contributed by atoms with van der Waals surface area (Å²) >= 11 is 0. The summed E-state index contributed by atoms with van der Waals surface area (Å²) in [6, 6.07) is 4.36. The number of nitrogens with zero attached hydrogens (tertiary/aromatic N) is 3.